The lowest BCUT2D eigenvalue weighted by Crippen LogP contribution is -2.31. The van der Waals surface area contributed by atoms with E-state index < -0.39 is 10.0 Å². The van der Waals surface area contributed by atoms with Crippen LogP contribution in [0.4, 0.5) is 0 Å². The molecule has 1 heterocycles. The fraction of sp³-hybridized carbons (Fsp3) is 0.316. The maximum atomic E-state index is 13.2. The molecule has 3 rings (SSSR count). The van der Waals surface area contributed by atoms with Gasteiger partial charge in [-0.2, -0.15) is 9.57 Å². The lowest BCUT2D eigenvalue weighted by Gasteiger charge is -2.26. The Morgan fingerprint density at radius 2 is 1.96 bits per heavy atom. The zero-order valence-electron chi connectivity index (χ0n) is 14.7. The largest absolute Gasteiger partial charge is 0.497 e. The second-order valence-corrected chi connectivity index (χ2v) is 7.91. The number of sulfonamides is 1. The highest BCUT2D eigenvalue weighted by Crippen LogP contribution is 2.41. The second kappa shape index (κ2) is 7.36. The number of hydrogen-bond donors (Lipinski definition) is 0. The summed E-state index contributed by atoms with van der Waals surface area (Å²) in [5.41, 5.74) is 1.13. The minimum absolute atomic E-state index is 0.135. The Kier molecular flexibility index (Phi) is 5.16. The van der Waals surface area contributed by atoms with Crippen molar-refractivity contribution in [3.63, 3.8) is 0 Å². The molecule has 6 nitrogen and oxygen atoms in total. The van der Waals surface area contributed by atoms with E-state index in [1.54, 1.807) is 38.5 Å². The van der Waals surface area contributed by atoms with E-state index in [0.717, 1.165) is 12.0 Å². The molecule has 7 heteroatoms. The molecule has 136 valence electrons. The van der Waals surface area contributed by atoms with E-state index in [0.29, 0.717) is 30.0 Å². The Bertz CT molecular complexity index is 950. The Labute approximate surface area is 153 Å². The third kappa shape index (κ3) is 3.26. The molecule has 1 saturated heterocycles. The lowest BCUT2D eigenvalue weighted by atomic mass is 10.0. The number of rotatable bonds is 5. The molecule has 1 atom stereocenters. The van der Waals surface area contributed by atoms with Crippen LogP contribution in [-0.4, -0.2) is 33.5 Å². The topological polar surface area (TPSA) is 79.6 Å². The van der Waals surface area contributed by atoms with Gasteiger partial charge in [0.05, 0.1) is 36.8 Å². The molecule has 1 aliphatic rings. The van der Waals surface area contributed by atoms with Crippen LogP contribution in [0.15, 0.2) is 47.4 Å². The van der Waals surface area contributed by atoms with E-state index >= 15 is 0 Å². The SMILES string of the molecule is COc1ccc([C@H]2CCCN2S(=O)(=O)c2cccc(C#N)c2)c(OC)c1. The first-order valence-corrected chi connectivity index (χ1v) is 9.69. The molecular weight excluding hydrogens is 352 g/mol. The van der Waals surface area contributed by atoms with Crippen LogP contribution in [0.25, 0.3) is 0 Å². The summed E-state index contributed by atoms with van der Waals surface area (Å²) in [6.45, 7) is 0.430. The third-order valence-corrected chi connectivity index (χ3v) is 6.48. The number of nitriles is 1. The normalized spacial score (nSPS) is 17.7. The Morgan fingerprint density at radius 3 is 2.65 bits per heavy atom. The summed E-state index contributed by atoms with van der Waals surface area (Å²) in [4.78, 5) is 0.135. The zero-order chi connectivity index (χ0) is 18.7. The molecule has 0 radical (unpaired) electrons. The first kappa shape index (κ1) is 18.2. The predicted octanol–water partition coefficient (Wildman–Crippen LogP) is 3.10. The summed E-state index contributed by atoms with van der Waals surface area (Å²) in [7, 11) is -0.583. The third-order valence-electron chi connectivity index (χ3n) is 4.57. The molecule has 0 aliphatic carbocycles. The summed E-state index contributed by atoms with van der Waals surface area (Å²) >= 11 is 0. The minimum atomic E-state index is -3.71. The van der Waals surface area contributed by atoms with Crippen molar-refractivity contribution in [2.24, 2.45) is 0 Å². The van der Waals surface area contributed by atoms with E-state index in [4.69, 9.17) is 14.7 Å². The van der Waals surface area contributed by atoms with Gasteiger partial charge in [0, 0.05) is 18.2 Å². The molecule has 1 fully saturated rings. The monoisotopic (exact) mass is 372 g/mol. The molecular formula is C19H20N2O4S. The van der Waals surface area contributed by atoms with Gasteiger partial charge < -0.3 is 9.47 Å². The van der Waals surface area contributed by atoms with Crippen molar-refractivity contribution < 1.29 is 17.9 Å². The molecule has 26 heavy (non-hydrogen) atoms. The Balaban J connectivity index is 2.02. The number of nitrogens with zero attached hydrogens (tertiary/aromatic N) is 2. The molecule has 0 amide bonds. The molecule has 0 bridgehead atoms. The van der Waals surface area contributed by atoms with Crippen molar-refractivity contribution in [1.29, 1.82) is 5.26 Å². The van der Waals surface area contributed by atoms with Crippen molar-refractivity contribution in [2.75, 3.05) is 20.8 Å². The summed E-state index contributed by atoms with van der Waals surface area (Å²) in [5.74, 6) is 1.25. The molecule has 0 N–H and O–H groups in total. The van der Waals surface area contributed by atoms with E-state index in [9.17, 15) is 8.42 Å². The minimum Gasteiger partial charge on any atom is -0.497 e. The van der Waals surface area contributed by atoms with Crippen LogP contribution < -0.4 is 9.47 Å². The van der Waals surface area contributed by atoms with Gasteiger partial charge in [-0.1, -0.05) is 12.1 Å². The molecule has 0 unspecified atom stereocenters. The highest BCUT2D eigenvalue weighted by Gasteiger charge is 2.37. The number of ether oxygens (including phenoxy) is 2. The zero-order valence-corrected chi connectivity index (χ0v) is 15.5. The average molecular weight is 372 g/mol. The van der Waals surface area contributed by atoms with E-state index in [-0.39, 0.29) is 10.9 Å². The standard InChI is InChI=1S/C19H20N2O4S/c1-24-15-8-9-17(19(12-15)25-2)18-7-4-10-21(18)26(22,23)16-6-3-5-14(11-16)13-20/h3,5-6,8-9,11-12,18H,4,7,10H2,1-2H3/t18-/m1/s1. The van der Waals surface area contributed by atoms with Gasteiger partial charge in [0.25, 0.3) is 0 Å². The average Bonchev–Trinajstić information content (AvgIpc) is 3.18. The highest BCUT2D eigenvalue weighted by molar-refractivity contribution is 7.89. The van der Waals surface area contributed by atoms with Crippen molar-refractivity contribution in [3.05, 3.63) is 53.6 Å². The summed E-state index contributed by atoms with van der Waals surface area (Å²) in [5, 5.41) is 9.05. The number of hydrogen-bond acceptors (Lipinski definition) is 5. The Morgan fingerprint density at radius 1 is 1.15 bits per heavy atom. The van der Waals surface area contributed by atoms with E-state index in [1.165, 1.54) is 16.4 Å². The van der Waals surface area contributed by atoms with Crippen LogP contribution in [0, 0.1) is 11.3 Å². The van der Waals surface area contributed by atoms with Gasteiger partial charge in [-0.15, -0.1) is 0 Å². The molecule has 2 aromatic carbocycles. The summed E-state index contributed by atoms with van der Waals surface area (Å²) < 4.78 is 38.5. The van der Waals surface area contributed by atoms with Gasteiger partial charge in [-0.3, -0.25) is 0 Å². The fourth-order valence-corrected chi connectivity index (χ4v) is 5.01. The highest BCUT2D eigenvalue weighted by atomic mass is 32.2. The van der Waals surface area contributed by atoms with Gasteiger partial charge in [0.1, 0.15) is 11.5 Å². The van der Waals surface area contributed by atoms with Crippen molar-refractivity contribution in [3.8, 4) is 17.6 Å². The Hall–Kier alpha value is -2.56. The smallest absolute Gasteiger partial charge is 0.243 e. The lowest BCUT2D eigenvalue weighted by molar-refractivity contribution is 0.361. The first-order chi connectivity index (χ1) is 12.5. The summed E-state index contributed by atoms with van der Waals surface area (Å²) in [6, 6.07) is 13.2. The maximum Gasteiger partial charge on any atom is 0.243 e. The van der Waals surface area contributed by atoms with Crippen LogP contribution in [0.3, 0.4) is 0 Å². The van der Waals surface area contributed by atoms with Crippen molar-refractivity contribution in [1.82, 2.24) is 4.31 Å². The maximum absolute atomic E-state index is 13.2. The first-order valence-electron chi connectivity index (χ1n) is 8.25. The second-order valence-electron chi connectivity index (χ2n) is 6.02. The van der Waals surface area contributed by atoms with Gasteiger partial charge in [0.15, 0.2) is 0 Å². The number of benzene rings is 2. The van der Waals surface area contributed by atoms with Crippen LogP contribution in [0.5, 0.6) is 11.5 Å². The number of methoxy groups -OCH3 is 2. The summed E-state index contributed by atoms with van der Waals surface area (Å²) in [6.07, 6.45) is 1.47. The van der Waals surface area contributed by atoms with Crippen LogP contribution in [0.1, 0.15) is 30.0 Å². The van der Waals surface area contributed by atoms with E-state index in [1.807, 2.05) is 12.1 Å². The van der Waals surface area contributed by atoms with Gasteiger partial charge in [-0.25, -0.2) is 8.42 Å². The quantitative estimate of drug-likeness (QED) is 0.806. The molecule has 1 aliphatic heterocycles. The van der Waals surface area contributed by atoms with Gasteiger partial charge >= 0.3 is 0 Å². The fourth-order valence-electron chi connectivity index (χ4n) is 3.29. The van der Waals surface area contributed by atoms with Crippen LogP contribution >= 0.6 is 0 Å². The van der Waals surface area contributed by atoms with Crippen molar-refractivity contribution in [2.45, 2.75) is 23.8 Å². The predicted molar refractivity (Wildman–Crippen MR) is 96.6 cm³/mol. The molecule has 2 aromatic rings. The van der Waals surface area contributed by atoms with Crippen molar-refractivity contribution >= 4 is 10.0 Å². The molecule has 0 saturated carbocycles. The van der Waals surface area contributed by atoms with Gasteiger partial charge in [0.2, 0.25) is 10.0 Å². The molecule has 0 aromatic heterocycles. The molecule has 0 spiro atoms. The van der Waals surface area contributed by atoms with Gasteiger partial charge in [-0.05, 0) is 37.1 Å². The van der Waals surface area contributed by atoms with E-state index in [2.05, 4.69) is 0 Å². The van der Waals surface area contributed by atoms with Crippen LogP contribution in [0.2, 0.25) is 0 Å². The van der Waals surface area contributed by atoms with Crippen LogP contribution in [-0.2, 0) is 10.0 Å².